The van der Waals surface area contributed by atoms with Crippen molar-refractivity contribution in [3.05, 3.63) is 0 Å². The molecule has 5 fully saturated rings. The Kier molecular flexibility index (Phi) is 12.8. The quantitative estimate of drug-likeness (QED) is 0.118. The Bertz CT molecular complexity index is 868. The third-order valence-electron chi connectivity index (χ3n) is 9.54. The highest BCUT2D eigenvalue weighted by molar-refractivity contribution is 5.80. The molecule has 0 aromatic rings. The van der Waals surface area contributed by atoms with Crippen molar-refractivity contribution in [2.45, 2.75) is 158 Å². The van der Waals surface area contributed by atoms with Gasteiger partial charge in [0, 0.05) is 24.2 Å². The van der Waals surface area contributed by atoms with E-state index in [1.807, 2.05) is 0 Å². The normalized spacial score (nSPS) is 35.8. The third-order valence-corrected chi connectivity index (χ3v) is 9.54. The molecule has 15 heteroatoms. The zero-order valence-electron chi connectivity index (χ0n) is 25.3. The van der Waals surface area contributed by atoms with Crippen LogP contribution in [-0.2, 0) is 9.59 Å². The molecule has 0 amide bonds. The predicted octanol–water partition coefficient (Wildman–Crippen LogP) is -1.22. The van der Waals surface area contributed by atoms with Gasteiger partial charge in [-0.3, -0.25) is 68.1 Å². The van der Waals surface area contributed by atoms with E-state index in [9.17, 15) is 19.8 Å². The molecule has 3 saturated carbocycles. The number of carboxylic acids is 2. The van der Waals surface area contributed by atoms with Gasteiger partial charge >= 0.3 is 11.9 Å². The molecule has 2 heterocycles. The highest BCUT2D eigenvalue weighted by Crippen LogP contribution is 2.21. The van der Waals surface area contributed by atoms with Gasteiger partial charge in [-0.2, -0.15) is 0 Å². The van der Waals surface area contributed by atoms with Crippen LogP contribution in [0.15, 0.2) is 0 Å². The zero-order chi connectivity index (χ0) is 30.0. The van der Waals surface area contributed by atoms with Gasteiger partial charge in [-0.05, 0) is 51.4 Å². The Morgan fingerprint density at radius 1 is 0.558 bits per heavy atom. The number of hydrogen-bond acceptors (Lipinski definition) is 13. The summed E-state index contributed by atoms with van der Waals surface area (Å²) in [6.07, 6.45) is 15.0. The average molecular weight is 610 g/mol. The Morgan fingerprint density at radius 2 is 0.953 bits per heavy atom. The van der Waals surface area contributed by atoms with Crippen molar-refractivity contribution in [2.75, 3.05) is 6.67 Å². The predicted molar refractivity (Wildman–Crippen MR) is 162 cm³/mol. The molecule has 13 N–H and O–H groups in total. The minimum Gasteiger partial charge on any atom is -0.481 e. The molecule has 15 nitrogen and oxygen atoms in total. The average Bonchev–Trinajstić information content (AvgIpc) is 2.99. The van der Waals surface area contributed by atoms with Gasteiger partial charge in [0.25, 0.3) is 0 Å². The lowest BCUT2D eigenvalue weighted by Crippen LogP contribution is -2.79. The van der Waals surface area contributed by atoms with Crippen molar-refractivity contribution < 1.29 is 19.8 Å². The first-order chi connectivity index (χ1) is 20.9. The maximum absolute atomic E-state index is 11.7. The van der Waals surface area contributed by atoms with Crippen LogP contribution in [0.2, 0.25) is 0 Å². The SMILES string of the molecule is O=C(O)CC(NC1NC(NC2CCCCC2)NC(NC2CCC(NC3NCNC(NC4CCCCC4)N3)CC2)N1)C(=O)O. The molecule has 5 aliphatic rings. The van der Waals surface area contributed by atoms with E-state index >= 15 is 0 Å². The monoisotopic (exact) mass is 609 g/mol. The summed E-state index contributed by atoms with van der Waals surface area (Å²) in [6, 6.07) is 0.445. The van der Waals surface area contributed by atoms with Crippen molar-refractivity contribution in [1.29, 1.82) is 0 Å². The Balaban J connectivity index is 1.08. The molecule has 3 aliphatic carbocycles. The molecule has 6 unspecified atom stereocenters. The summed E-state index contributed by atoms with van der Waals surface area (Å²) in [6.45, 7) is 0.749. The lowest BCUT2D eigenvalue weighted by molar-refractivity contribution is -0.146. The summed E-state index contributed by atoms with van der Waals surface area (Å²) in [4.78, 5) is 23.0. The molecule has 2 saturated heterocycles. The maximum atomic E-state index is 11.7. The second-order valence-electron chi connectivity index (χ2n) is 13.0. The second-order valence-corrected chi connectivity index (χ2v) is 13.0. The summed E-state index contributed by atoms with van der Waals surface area (Å²) in [7, 11) is 0. The number of aliphatic carboxylic acids is 2. The van der Waals surface area contributed by atoms with Crippen LogP contribution in [0.5, 0.6) is 0 Å². The molecule has 43 heavy (non-hydrogen) atoms. The number of nitrogens with one attached hydrogen (secondary N) is 11. The minimum absolute atomic E-state index is 0.0519. The van der Waals surface area contributed by atoms with Crippen LogP contribution in [0, 0.1) is 0 Å². The van der Waals surface area contributed by atoms with Crippen LogP contribution in [0.4, 0.5) is 0 Å². The fourth-order valence-corrected chi connectivity index (χ4v) is 7.20. The van der Waals surface area contributed by atoms with E-state index in [0.29, 0.717) is 24.2 Å². The lowest BCUT2D eigenvalue weighted by Gasteiger charge is -2.44. The van der Waals surface area contributed by atoms with Gasteiger partial charge in [0.05, 0.1) is 13.1 Å². The van der Waals surface area contributed by atoms with E-state index in [-0.39, 0.29) is 25.2 Å². The van der Waals surface area contributed by atoms with E-state index in [1.165, 1.54) is 51.4 Å². The smallest absolute Gasteiger partial charge is 0.321 e. The van der Waals surface area contributed by atoms with Crippen molar-refractivity contribution in [2.24, 2.45) is 0 Å². The van der Waals surface area contributed by atoms with Gasteiger partial charge in [0.1, 0.15) is 37.5 Å². The molecule has 5 rings (SSSR count). The topological polar surface area (TPSA) is 207 Å². The van der Waals surface area contributed by atoms with Gasteiger partial charge in [-0.15, -0.1) is 0 Å². The number of carbonyl (C=O) groups is 2. The standard InChI is InChI=1S/C28H55N11O4/c40-22(41)15-21(23(42)43)35-28-38-26(33-18-9-5-2-6-10-18)37-27(39-28)34-20-13-11-19(12-14-20)32-25-30-16-29-24(36-25)31-17-7-3-1-4-8-17/h17-21,24-39H,1-16H2,(H,40,41)(H,42,43). The molecular weight excluding hydrogens is 554 g/mol. The molecule has 0 radical (unpaired) electrons. The van der Waals surface area contributed by atoms with E-state index in [2.05, 4.69) is 58.5 Å². The van der Waals surface area contributed by atoms with E-state index in [0.717, 1.165) is 45.2 Å². The maximum Gasteiger partial charge on any atom is 0.321 e. The summed E-state index contributed by atoms with van der Waals surface area (Å²) in [5.41, 5.74) is 0. The largest absolute Gasteiger partial charge is 0.481 e. The first kappa shape index (κ1) is 32.9. The fraction of sp³-hybridized carbons (Fsp3) is 0.929. The Hall–Kier alpha value is -1.50. The number of hydrogen-bond donors (Lipinski definition) is 13. The van der Waals surface area contributed by atoms with Crippen molar-refractivity contribution in [1.82, 2.24) is 58.5 Å². The Morgan fingerprint density at radius 3 is 1.40 bits per heavy atom. The van der Waals surface area contributed by atoms with Gasteiger partial charge in [-0.25, -0.2) is 0 Å². The van der Waals surface area contributed by atoms with E-state index in [4.69, 9.17) is 0 Å². The van der Waals surface area contributed by atoms with Gasteiger partial charge in [0.2, 0.25) is 0 Å². The molecule has 0 aromatic heterocycles. The number of carboxylic acid groups (broad SMARTS) is 2. The molecule has 0 aromatic carbocycles. The Labute approximate surface area is 255 Å². The van der Waals surface area contributed by atoms with Gasteiger partial charge in [0.15, 0.2) is 0 Å². The molecular formula is C28H55N11O4. The van der Waals surface area contributed by atoms with Crippen LogP contribution in [0.1, 0.15) is 96.3 Å². The molecule has 0 bridgehead atoms. The minimum atomic E-state index is -1.22. The zero-order valence-corrected chi connectivity index (χ0v) is 25.3. The first-order valence-corrected chi connectivity index (χ1v) is 16.7. The van der Waals surface area contributed by atoms with Crippen LogP contribution in [0.3, 0.4) is 0 Å². The lowest BCUT2D eigenvalue weighted by atomic mass is 9.91. The molecule has 246 valence electrons. The number of rotatable bonds is 13. The van der Waals surface area contributed by atoms with E-state index < -0.39 is 30.7 Å². The van der Waals surface area contributed by atoms with Crippen molar-refractivity contribution >= 4 is 11.9 Å². The molecule has 2 aliphatic heterocycles. The van der Waals surface area contributed by atoms with Gasteiger partial charge in [-0.1, -0.05) is 38.5 Å². The first-order valence-electron chi connectivity index (χ1n) is 16.7. The highest BCUT2D eigenvalue weighted by Gasteiger charge is 2.34. The summed E-state index contributed by atoms with van der Waals surface area (Å²) in [5, 5.41) is 57.4. The van der Waals surface area contributed by atoms with Crippen molar-refractivity contribution in [3.63, 3.8) is 0 Å². The summed E-state index contributed by atoms with van der Waals surface area (Å²) >= 11 is 0. The summed E-state index contributed by atoms with van der Waals surface area (Å²) < 4.78 is 0. The highest BCUT2D eigenvalue weighted by atomic mass is 16.4. The third kappa shape index (κ3) is 10.8. The van der Waals surface area contributed by atoms with Crippen LogP contribution < -0.4 is 58.5 Å². The molecule has 6 atom stereocenters. The fourth-order valence-electron chi connectivity index (χ4n) is 7.20. The van der Waals surface area contributed by atoms with Crippen LogP contribution in [-0.4, -0.2) is 90.5 Å². The van der Waals surface area contributed by atoms with E-state index in [1.54, 1.807) is 0 Å². The van der Waals surface area contributed by atoms with Crippen molar-refractivity contribution in [3.8, 4) is 0 Å². The second kappa shape index (κ2) is 16.7. The summed E-state index contributed by atoms with van der Waals surface area (Å²) in [5.74, 6) is -2.35. The van der Waals surface area contributed by atoms with Gasteiger partial charge < -0.3 is 10.2 Å². The molecule has 0 spiro atoms. The van der Waals surface area contributed by atoms with Crippen LogP contribution in [0.25, 0.3) is 0 Å². The van der Waals surface area contributed by atoms with Crippen LogP contribution >= 0.6 is 0 Å².